The van der Waals surface area contributed by atoms with Crippen molar-refractivity contribution in [1.29, 1.82) is 0 Å². The third-order valence-electron chi connectivity index (χ3n) is 4.46. The Kier molecular flexibility index (Phi) is 6.60. The van der Waals surface area contributed by atoms with E-state index in [1.807, 2.05) is 0 Å². The maximum Gasteiger partial charge on any atom is 0.416 e. The highest BCUT2D eigenvalue weighted by atomic mass is 35.5. The molecule has 0 radical (unpaired) electrons. The number of carboxylic acid groups (broad SMARTS) is 1. The molecule has 1 aromatic heterocycles. The van der Waals surface area contributed by atoms with Crippen LogP contribution in [0.15, 0.2) is 66.7 Å². The molecule has 0 aliphatic rings. The molecule has 31 heavy (non-hydrogen) atoms. The van der Waals surface area contributed by atoms with Crippen LogP contribution < -0.4 is 5.32 Å². The van der Waals surface area contributed by atoms with E-state index in [0.717, 1.165) is 12.1 Å². The van der Waals surface area contributed by atoms with Gasteiger partial charge < -0.3 is 10.4 Å². The summed E-state index contributed by atoms with van der Waals surface area (Å²) in [6.45, 7) is 0. The number of carboxylic acids is 1. The molecule has 0 aliphatic heterocycles. The van der Waals surface area contributed by atoms with E-state index in [2.05, 4.69) is 10.3 Å². The standard InChI is InChI=1S/C22H16ClF3N2O3/c23-16-9-4-2-7-14(16)17-10-5-11-18(27-17)21(31)28-19(12-20(29)30)13-6-1-3-8-15(13)22(24,25)26/h1-11,19H,12H2,(H,28,31)(H,29,30)/t19-/m0/s1. The number of amides is 1. The van der Waals surface area contributed by atoms with Crippen LogP contribution in [0.25, 0.3) is 11.3 Å². The number of benzene rings is 2. The summed E-state index contributed by atoms with van der Waals surface area (Å²) in [4.78, 5) is 28.3. The Morgan fingerprint density at radius 3 is 2.35 bits per heavy atom. The van der Waals surface area contributed by atoms with Gasteiger partial charge in [-0.1, -0.05) is 54.1 Å². The minimum absolute atomic E-state index is 0.0858. The Hall–Kier alpha value is -3.39. The number of carbonyl (C=O) groups excluding carboxylic acids is 1. The fourth-order valence-corrected chi connectivity index (χ4v) is 3.32. The molecule has 3 rings (SSSR count). The van der Waals surface area contributed by atoms with E-state index in [4.69, 9.17) is 11.6 Å². The summed E-state index contributed by atoms with van der Waals surface area (Å²) in [5.74, 6) is -2.17. The van der Waals surface area contributed by atoms with Crippen molar-refractivity contribution in [3.05, 3.63) is 88.6 Å². The van der Waals surface area contributed by atoms with Crippen molar-refractivity contribution in [3.63, 3.8) is 0 Å². The molecular formula is C22H16ClF3N2O3. The van der Waals surface area contributed by atoms with Crippen molar-refractivity contribution >= 4 is 23.5 Å². The minimum atomic E-state index is -4.71. The third-order valence-corrected chi connectivity index (χ3v) is 4.79. The molecule has 0 unspecified atom stereocenters. The predicted molar refractivity (Wildman–Crippen MR) is 109 cm³/mol. The largest absolute Gasteiger partial charge is 0.481 e. The summed E-state index contributed by atoms with van der Waals surface area (Å²) in [5, 5.41) is 12.0. The van der Waals surface area contributed by atoms with Crippen LogP contribution in [0.5, 0.6) is 0 Å². The molecule has 3 aromatic rings. The molecule has 160 valence electrons. The van der Waals surface area contributed by atoms with Gasteiger partial charge in [0.25, 0.3) is 5.91 Å². The van der Waals surface area contributed by atoms with Crippen LogP contribution in [0, 0.1) is 0 Å². The lowest BCUT2D eigenvalue weighted by atomic mass is 9.97. The van der Waals surface area contributed by atoms with Crippen LogP contribution in [0.3, 0.4) is 0 Å². The molecular weight excluding hydrogens is 433 g/mol. The van der Waals surface area contributed by atoms with E-state index in [1.54, 1.807) is 36.4 Å². The molecule has 1 heterocycles. The van der Waals surface area contributed by atoms with Gasteiger partial charge in [-0.3, -0.25) is 9.59 Å². The monoisotopic (exact) mass is 448 g/mol. The second-order valence-corrected chi connectivity index (χ2v) is 7.00. The van der Waals surface area contributed by atoms with Gasteiger partial charge in [0.1, 0.15) is 5.69 Å². The molecule has 9 heteroatoms. The first-order valence-corrected chi connectivity index (χ1v) is 9.45. The van der Waals surface area contributed by atoms with Crippen molar-refractivity contribution in [2.24, 2.45) is 0 Å². The first-order chi connectivity index (χ1) is 14.7. The highest BCUT2D eigenvalue weighted by Crippen LogP contribution is 2.35. The van der Waals surface area contributed by atoms with Gasteiger partial charge in [0.15, 0.2) is 0 Å². The Balaban J connectivity index is 1.94. The Morgan fingerprint density at radius 2 is 1.68 bits per heavy atom. The Labute approximate surface area is 180 Å². The van der Waals surface area contributed by atoms with E-state index in [9.17, 15) is 27.9 Å². The van der Waals surface area contributed by atoms with Crippen LogP contribution in [0.4, 0.5) is 13.2 Å². The lowest BCUT2D eigenvalue weighted by molar-refractivity contribution is -0.140. The van der Waals surface area contributed by atoms with Crippen LogP contribution in [-0.2, 0) is 11.0 Å². The fraction of sp³-hybridized carbons (Fsp3) is 0.136. The third kappa shape index (κ3) is 5.40. The van der Waals surface area contributed by atoms with Crippen molar-refractivity contribution in [2.75, 3.05) is 0 Å². The lowest BCUT2D eigenvalue weighted by Crippen LogP contribution is -2.32. The molecule has 0 spiro atoms. The smallest absolute Gasteiger partial charge is 0.416 e. The number of aliphatic carboxylic acids is 1. The van der Waals surface area contributed by atoms with Gasteiger partial charge in [0.2, 0.25) is 0 Å². The number of halogens is 4. The quantitative estimate of drug-likeness (QED) is 0.531. The van der Waals surface area contributed by atoms with Gasteiger partial charge in [-0.25, -0.2) is 4.98 Å². The summed E-state index contributed by atoms with van der Waals surface area (Å²) >= 11 is 6.16. The summed E-state index contributed by atoms with van der Waals surface area (Å²) in [5.41, 5.74) is -0.475. The second kappa shape index (κ2) is 9.18. The molecule has 0 saturated carbocycles. The number of carbonyl (C=O) groups is 2. The molecule has 0 aliphatic carbocycles. The maximum atomic E-state index is 13.4. The number of alkyl halides is 3. The number of rotatable bonds is 6. The number of nitrogens with zero attached hydrogens (tertiary/aromatic N) is 1. The highest BCUT2D eigenvalue weighted by molar-refractivity contribution is 6.33. The van der Waals surface area contributed by atoms with Crippen LogP contribution in [0.2, 0.25) is 5.02 Å². The van der Waals surface area contributed by atoms with Crippen molar-refractivity contribution in [1.82, 2.24) is 10.3 Å². The minimum Gasteiger partial charge on any atom is -0.481 e. The zero-order valence-electron chi connectivity index (χ0n) is 15.9. The molecule has 5 nitrogen and oxygen atoms in total. The van der Waals surface area contributed by atoms with Crippen molar-refractivity contribution in [3.8, 4) is 11.3 Å². The first kappa shape index (κ1) is 22.3. The van der Waals surface area contributed by atoms with Gasteiger partial charge in [0.05, 0.1) is 23.7 Å². The van der Waals surface area contributed by atoms with Gasteiger partial charge >= 0.3 is 12.1 Å². The fourth-order valence-electron chi connectivity index (χ4n) is 3.08. The normalized spacial score (nSPS) is 12.3. The second-order valence-electron chi connectivity index (χ2n) is 6.60. The van der Waals surface area contributed by atoms with E-state index in [0.29, 0.717) is 16.3 Å². The molecule has 1 atom stereocenters. The summed E-state index contributed by atoms with van der Waals surface area (Å²) in [6.07, 6.45) is -5.44. The highest BCUT2D eigenvalue weighted by Gasteiger charge is 2.36. The predicted octanol–water partition coefficient (Wildman–Crippen LogP) is 5.37. The van der Waals surface area contributed by atoms with Gasteiger partial charge in [-0.2, -0.15) is 13.2 Å². The topological polar surface area (TPSA) is 79.3 Å². The SMILES string of the molecule is O=C(O)C[C@H](NC(=O)c1cccc(-c2ccccc2Cl)n1)c1ccccc1C(F)(F)F. The Morgan fingerprint density at radius 1 is 1.00 bits per heavy atom. The van der Waals surface area contributed by atoms with Gasteiger partial charge in [0, 0.05) is 10.6 Å². The van der Waals surface area contributed by atoms with Crippen molar-refractivity contribution in [2.45, 2.75) is 18.6 Å². The lowest BCUT2D eigenvalue weighted by Gasteiger charge is -2.21. The van der Waals surface area contributed by atoms with Crippen LogP contribution in [-0.4, -0.2) is 22.0 Å². The average molecular weight is 449 g/mol. The zero-order chi connectivity index (χ0) is 22.6. The molecule has 0 fully saturated rings. The van der Waals surface area contributed by atoms with E-state index < -0.39 is 36.1 Å². The molecule has 2 N–H and O–H groups in total. The zero-order valence-corrected chi connectivity index (χ0v) is 16.6. The number of nitrogens with one attached hydrogen (secondary N) is 1. The van der Waals surface area contributed by atoms with E-state index >= 15 is 0 Å². The van der Waals surface area contributed by atoms with Crippen LogP contribution in [0.1, 0.15) is 34.1 Å². The van der Waals surface area contributed by atoms with Crippen LogP contribution >= 0.6 is 11.6 Å². The number of hydrogen-bond acceptors (Lipinski definition) is 3. The molecule has 0 saturated heterocycles. The van der Waals surface area contributed by atoms with Gasteiger partial charge in [-0.15, -0.1) is 0 Å². The maximum absolute atomic E-state index is 13.4. The Bertz CT molecular complexity index is 1120. The average Bonchev–Trinajstić information content (AvgIpc) is 2.73. The number of hydrogen-bond donors (Lipinski definition) is 2. The molecule has 2 aromatic carbocycles. The summed E-state index contributed by atoms with van der Waals surface area (Å²) in [7, 11) is 0. The number of aromatic nitrogens is 1. The first-order valence-electron chi connectivity index (χ1n) is 9.07. The number of pyridine rings is 1. The molecule has 1 amide bonds. The van der Waals surface area contributed by atoms with Crippen molar-refractivity contribution < 1.29 is 27.9 Å². The summed E-state index contributed by atoms with van der Waals surface area (Å²) in [6, 6.07) is 14.5. The summed E-state index contributed by atoms with van der Waals surface area (Å²) < 4.78 is 40.2. The van der Waals surface area contributed by atoms with Gasteiger partial charge in [-0.05, 0) is 29.8 Å². The molecule has 0 bridgehead atoms. The van der Waals surface area contributed by atoms with E-state index in [-0.39, 0.29) is 11.3 Å². The van der Waals surface area contributed by atoms with E-state index in [1.165, 1.54) is 18.2 Å².